The normalized spacial score (nSPS) is 12.6. The van der Waals surface area contributed by atoms with Crippen molar-refractivity contribution in [2.24, 2.45) is 0 Å². The van der Waals surface area contributed by atoms with Crippen LogP contribution in [0.15, 0.2) is 16.6 Å². The maximum Gasteiger partial charge on any atom is 0.489 e. The highest BCUT2D eigenvalue weighted by Gasteiger charge is 2.48. The van der Waals surface area contributed by atoms with Gasteiger partial charge in [-0.15, -0.1) is 11.3 Å². The summed E-state index contributed by atoms with van der Waals surface area (Å²) in [5, 5.41) is 19.8. The summed E-state index contributed by atoms with van der Waals surface area (Å²) in [6.07, 6.45) is 0. The molecule has 166 valence electrons. The molecule has 2 aromatic rings. The second kappa shape index (κ2) is 9.86. The van der Waals surface area contributed by atoms with Gasteiger partial charge < -0.3 is 23.8 Å². The third-order valence-corrected chi connectivity index (χ3v) is 7.89. The second-order valence-corrected chi connectivity index (χ2v) is 10.6. The largest absolute Gasteiger partial charge is 0.489 e. The van der Waals surface area contributed by atoms with Gasteiger partial charge in [0.15, 0.2) is 0 Å². The molecular weight excluding hydrogens is 504 g/mol. The van der Waals surface area contributed by atoms with Crippen LogP contribution in [-0.4, -0.2) is 42.0 Å². The number of carbonyl (C=O) groups is 1. The predicted molar refractivity (Wildman–Crippen MR) is 119 cm³/mol. The molecule has 2 N–H and O–H groups in total. The van der Waals surface area contributed by atoms with Crippen LogP contribution in [0.1, 0.15) is 49.9 Å². The highest BCUT2D eigenvalue weighted by atomic mass is 79.9. The first kappa shape index (κ1) is 25.6. The number of carbonyl (C=O) groups excluding carboxylic acids is 1. The third-order valence-electron chi connectivity index (χ3n) is 3.67. The van der Waals surface area contributed by atoms with Crippen LogP contribution in [-0.2, 0) is 19.4 Å². The van der Waals surface area contributed by atoms with Gasteiger partial charge in [0, 0.05) is 20.0 Å². The first-order valence-electron chi connectivity index (χ1n) is 9.13. The van der Waals surface area contributed by atoms with Crippen LogP contribution >= 0.6 is 35.6 Å². The van der Waals surface area contributed by atoms with E-state index in [4.69, 9.17) is 13.8 Å². The van der Waals surface area contributed by atoms with E-state index in [-0.39, 0.29) is 43.7 Å². The summed E-state index contributed by atoms with van der Waals surface area (Å²) >= 11 is 3.89. The Hall–Kier alpha value is -0.675. The zero-order chi connectivity index (χ0) is 22.9. The quantitative estimate of drug-likeness (QED) is 0.294. The van der Waals surface area contributed by atoms with Gasteiger partial charge in [0.25, 0.3) is 8.38 Å². The Bertz CT molecular complexity index is 912. The van der Waals surface area contributed by atoms with E-state index < -0.39 is 32.7 Å². The van der Waals surface area contributed by atoms with Gasteiger partial charge in [0.05, 0.1) is 23.7 Å². The number of thiophene rings is 1. The van der Waals surface area contributed by atoms with Gasteiger partial charge in [-0.05, 0) is 62.7 Å². The lowest BCUT2D eigenvalue weighted by molar-refractivity contribution is 0.00697. The number of hydrogen-bond acceptors (Lipinski definition) is 7. The monoisotopic (exact) mass is 526 g/mol. The molecule has 0 atom stereocenters. The highest BCUT2D eigenvalue weighted by Crippen LogP contribution is 2.63. The van der Waals surface area contributed by atoms with Crippen molar-refractivity contribution in [1.29, 1.82) is 0 Å². The number of hydrogen-bond donors (Lipinski definition) is 2. The maximum atomic E-state index is 15.3. The number of alkyl halides is 2. The summed E-state index contributed by atoms with van der Waals surface area (Å²) < 4.78 is 46.4. The average molecular weight is 527 g/mol. The SMILES string of the molecule is CCOP(OCC)C(F)(F)c1sc2c(B(O)O)cc(C(=O)OC(C)(C)C)cc2c1Br. The fourth-order valence-corrected chi connectivity index (χ4v) is 6.23. The van der Waals surface area contributed by atoms with Crippen LogP contribution in [0.4, 0.5) is 8.78 Å². The molecule has 0 radical (unpaired) electrons. The molecule has 0 aliphatic rings. The van der Waals surface area contributed by atoms with E-state index in [9.17, 15) is 14.8 Å². The molecule has 6 nitrogen and oxygen atoms in total. The zero-order valence-electron chi connectivity index (χ0n) is 17.2. The van der Waals surface area contributed by atoms with Crippen LogP contribution in [0.25, 0.3) is 10.1 Å². The average Bonchev–Trinajstić information content (AvgIpc) is 2.96. The van der Waals surface area contributed by atoms with Crippen molar-refractivity contribution in [1.82, 2.24) is 0 Å². The lowest BCUT2D eigenvalue weighted by Crippen LogP contribution is -2.31. The van der Waals surface area contributed by atoms with Crippen molar-refractivity contribution < 1.29 is 37.4 Å². The van der Waals surface area contributed by atoms with Gasteiger partial charge in [-0.3, -0.25) is 0 Å². The van der Waals surface area contributed by atoms with Crippen molar-refractivity contribution >= 4 is 64.3 Å². The molecule has 0 fully saturated rings. The van der Waals surface area contributed by atoms with Crippen molar-refractivity contribution in [2.75, 3.05) is 13.2 Å². The number of halogens is 3. The van der Waals surface area contributed by atoms with Gasteiger partial charge in [-0.2, -0.15) is 8.78 Å². The number of benzene rings is 1. The number of fused-ring (bicyclic) bond motifs is 1. The summed E-state index contributed by atoms with van der Waals surface area (Å²) in [5.74, 6) is -0.705. The Morgan fingerprint density at radius 2 is 1.77 bits per heavy atom. The lowest BCUT2D eigenvalue weighted by atomic mass is 9.79. The molecule has 2 rings (SSSR count). The molecule has 0 spiro atoms. The van der Waals surface area contributed by atoms with E-state index in [1.807, 2.05) is 0 Å². The summed E-state index contributed by atoms with van der Waals surface area (Å²) in [4.78, 5) is 12.1. The van der Waals surface area contributed by atoms with Crippen molar-refractivity contribution in [3.05, 3.63) is 27.0 Å². The smallest absolute Gasteiger partial charge is 0.456 e. The number of ether oxygens (including phenoxy) is 1. The summed E-state index contributed by atoms with van der Waals surface area (Å²) in [7, 11) is -4.54. The zero-order valence-corrected chi connectivity index (χ0v) is 20.5. The summed E-state index contributed by atoms with van der Waals surface area (Å²) in [6.45, 7) is 8.35. The van der Waals surface area contributed by atoms with E-state index in [0.717, 1.165) is 0 Å². The Labute approximate surface area is 187 Å². The Morgan fingerprint density at radius 1 is 1.20 bits per heavy atom. The topological polar surface area (TPSA) is 85.2 Å². The molecule has 0 aliphatic carbocycles. The van der Waals surface area contributed by atoms with Crippen molar-refractivity contribution in [3.8, 4) is 0 Å². The molecule has 30 heavy (non-hydrogen) atoms. The van der Waals surface area contributed by atoms with Crippen molar-refractivity contribution in [3.63, 3.8) is 0 Å². The van der Waals surface area contributed by atoms with E-state index in [0.29, 0.717) is 11.3 Å². The van der Waals surface area contributed by atoms with E-state index in [1.54, 1.807) is 34.6 Å². The van der Waals surface area contributed by atoms with Crippen LogP contribution in [0.2, 0.25) is 0 Å². The van der Waals surface area contributed by atoms with Gasteiger partial charge >= 0.3 is 18.8 Å². The second-order valence-electron chi connectivity index (χ2n) is 7.20. The molecule has 0 saturated heterocycles. The van der Waals surface area contributed by atoms with Gasteiger partial charge in [-0.25, -0.2) is 4.79 Å². The molecule has 0 bridgehead atoms. The van der Waals surface area contributed by atoms with Crippen molar-refractivity contribution in [2.45, 2.75) is 45.9 Å². The minimum Gasteiger partial charge on any atom is -0.456 e. The first-order valence-corrected chi connectivity index (χ1v) is 11.9. The summed E-state index contributed by atoms with van der Waals surface area (Å²) in [6, 6.07) is 2.62. The van der Waals surface area contributed by atoms with Gasteiger partial charge in [0.1, 0.15) is 5.60 Å². The first-order chi connectivity index (χ1) is 13.8. The van der Waals surface area contributed by atoms with Crippen LogP contribution in [0.5, 0.6) is 0 Å². The Balaban J connectivity index is 2.67. The Morgan fingerprint density at radius 3 is 2.23 bits per heavy atom. The lowest BCUT2D eigenvalue weighted by Gasteiger charge is -2.24. The fraction of sp³-hybridized carbons (Fsp3) is 0.500. The predicted octanol–water partition coefficient (Wildman–Crippen LogP) is 4.73. The van der Waals surface area contributed by atoms with Crippen LogP contribution in [0, 0.1) is 0 Å². The van der Waals surface area contributed by atoms with Crippen LogP contribution in [0.3, 0.4) is 0 Å². The standard InChI is InChI=1S/C18H23BBrF2O6PS/c1-6-26-29(27-7-2)18(21,22)15-13(20)11-8-10(16(23)28-17(3,4)5)9-12(19(24)25)14(11)30-15/h8-9,24-25H,6-7H2,1-5H3. The molecule has 1 aromatic carbocycles. The third kappa shape index (κ3) is 5.57. The van der Waals surface area contributed by atoms with Gasteiger partial charge in [0.2, 0.25) is 0 Å². The maximum absolute atomic E-state index is 15.3. The molecule has 12 heteroatoms. The molecule has 0 amide bonds. The number of esters is 1. The van der Waals surface area contributed by atoms with Gasteiger partial charge in [-0.1, -0.05) is 0 Å². The molecule has 1 aromatic heterocycles. The minimum atomic E-state index is -3.46. The summed E-state index contributed by atoms with van der Waals surface area (Å²) in [5.41, 5.74) is -4.30. The van der Waals surface area contributed by atoms with E-state index in [1.165, 1.54) is 12.1 Å². The molecule has 0 unspecified atom stereocenters. The molecule has 0 aliphatic heterocycles. The molecule has 1 heterocycles. The molecular formula is C18H23BBrF2O6PS. The fourth-order valence-electron chi connectivity index (χ4n) is 2.55. The van der Waals surface area contributed by atoms with Crippen LogP contribution < -0.4 is 5.46 Å². The Kier molecular flexibility index (Phi) is 8.40. The molecule has 0 saturated carbocycles. The minimum absolute atomic E-state index is 0.0192. The highest BCUT2D eigenvalue weighted by molar-refractivity contribution is 9.10. The van der Waals surface area contributed by atoms with E-state index >= 15 is 8.78 Å². The van der Waals surface area contributed by atoms with E-state index in [2.05, 4.69) is 15.9 Å². The number of rotatable bonds is 8.